The van der Waals surface area contributed by atoms with Crippen LogP contribution in [0, 0.1) is 23.7 Å². The first-order valence-corrected chi connectivity index (χ1v) is 23.5. The van der Waals surface area contributed by atoms with Crippen LogP contribution in [0.2, 0.25) is 0 Å². The summed E-state index contributed by atoms with van der Waals surface area (Å²) < 4.78 is 0. The van der Waals surface area contributed by atoms with E-state index in [1.807, 2.05) is 0 Å². The molecule has 4 saturated carbocycles. The average Bonchev–Trinajstić information content (AvgIpc) is 3.46. The fraction of sp³-hybridized carbons (Fsp3) is 0.368. The van der Waals surface area contributed by atoms with Crippen molar-refractivity contribution in [3.8, 4) is 22.3 Å². The van der Waals surface area contributed by atoms with E-state index in [1.54, 1.807) is 11.1 Å². The summed E-state index contributed by atoms with van der Waals surface area (Å²) in [6.45, 7) is 14.7. The van der Waals surface area contributed by atoms with Crippen LogP contribution in [0.3, 0.4) is 0 Å². The molecule has 6 aromatic rings. The third kappa shape index (κ3) is 5.05. The molecule has 7 aliphatic rings. The second-order valence-corrected chi connectivity index (χ2v) is 22.2. The Morgan fingerprint density at radius 1 is 0.458 bits per heavy atom. The summed E-state index contributed by atoms with van der Waals surface area (Å²) in [4.78, 5) is 5.64. The van der Waals surface area contributed by atoms with Crippen molar-refractivity contribution < 1.29 is 0 Å². The fourth-order valence-electron chi connectivity index (χ4n) is 14.0. The van der Waals surface area contributed by atoms with Crippen LogP contribution in [-0.2, 0) is 21.7 Å². The number of hydrogen-bond acceptors (Lipinski definition) is 2. The lowest BCUT2D eigenvalue weighted by molar-refractivity contribution is -0.0443. The summed E-state index contributed by atoms with van der Waals surface area (Å²) in [5.74, 6) is 3.14. The van der Waals surface area contributed by atoms with Gasteiger partial charge in [0.05, 0.1) is 5.69 Å². The third-order valence-electron chi connectivity index (χ3n) is 16.8. The zero-order chi connectivity index (χ0) is 40.1. The van der Waals surface area contributed by atoms with Crippen LogP contribution in [0.5, 0.6) is 0 Å². The van der Waals surface area contributed by atoms with Crippen LogP contribution in [0.25, 0.3) is 22.3 Å². The molecule has 0 saturated heterocycles. The average molecular weight is 788 g/mol. The Morgan fingerprint density at radius 3 is 1.75 bits per heavy atom. The molecule has 6 aliphatic carbocycles. The Kier molecular flexibility index (Phi) is 7.70. The normalized spacial score (nSPS) is 26.7. The highest BCUT2D eigenvalue weighted by molar-refractivity contribution is 7.99. The van der Waals surface area contributed by atoms with E-state index in [4.69, 9.17) is 0 Å². The lowest BCUT2D eigenvalue weighted by Gasteiger charge is -2.63. The molecule has 0 aromatic heterocycles. The molecular formula is C57H57NS. The Bertz CT molecular complexity index is 2670. The summed E-state index contributed by atoms with van der Waals surface area (Å²) in [5.41, 5.74) is 18.6. The predicted octanol–water partition coefficient (Wildman–Crippen LogP) is 15.7. The molecule has 1 heterocycles. The monoisotopic (exact) mass is 787 g/mol. The van der Waals surface area contributed by atoms with Gasteiger partial charge in [0, 0.05) is 32.0 Å². The van der Waals surface area contributed by atoms with Crippen molar-refractivity contribution >= 4 is 28.8 Å². The predicted molar refractivity (Wildman–Crippen MR) is 248 cm³/mol. The van der Waals surface area contributed by atoms with Gasteiger partial charge in [-0.2, -0.15) is 0 Å². The zero-order valence-corrected chi connectivity index (χ0v) is 36.6. The number of fused-ring (bicyclic) bond motifs is 6. The molecule has 1 aliphatic heterocycles. The van der Waals surface area contributed by atoms with Crippen LogP contribution < -0.4 is 4.90 Å². The fourth-order valence-corrected chi connectivity index (χ4v) is 15.4. The van der Waals surface area contributed by atoms with E-state index in [-0.39, 0.29) is 21.7 Å². The van der Waals surface area contributed by atoms with E-state index in [2.05, 4.69) is 186 Å². The maximum absolute atomic E-state index is 2.68. The molecule has 0 N–H and O–H groups in total. The molecule has 13 rings (SSSR count). The topological polar surface area (TPSA) is 3.24 Å². The molecule has 0 atom stereocenters. The van der Waals surface area contributed by atoms with Gasteiger partial charge in [0.25, 0.3) is 0 Å². The van der Waals surface area contributed by atoms with Gasteiger partial charge in [0.15, 0.2) is 0 Å². The molecule has 0 amide bonds. The maximum Gasteiger partial charge on any atom is 0.0604 e. The van der Waals surface area contributed by atoms with Gasteiger partial charge in [-0.15, -0.1) is 0 Å². The first-order chi connectivity index (χ1) is 28.4. The van der Waals surface area contributed by atoms with Gasteiger partial charge in [-0.3, -0.25) is 0 Å². The molecule has 59 heavy (non-hydrogen) atoms. The molecule has 1 spiro atoms. The summed E-state index contributed by atoms with van der Waals surface area (Å²) in [6, 6.07) is 50.1. The molecule has 1 nitrogen and oxygen atoms in total. The van der Waals surface area contributed by atoms with Crippen molar-refractivity contribution in [2.75, 3.05) is 4.90 Å². The van der Waals surface area contributed by atoms with Crippen molar-refractivity contribution in [3.63, 3.8) is 0 Å². The molecule has 4 bridgehead atoms. The van der Waals surface area contributed by atoms with Crippen LogP contribution in [0.15, 0.2) is 137 Å². The number of rotatable bonds is 4. The molecule has 6 aromatic carbocycles. The van der Waals surface area contributed by atoms with Crippen LogP contribution in [0.1, 0.15) is 120 Å². The minimum absolute atomic E-state index is 0.0270. The molecule has 296 valence electrons. The van der Waals surface area contributed by atoms with Crippen molar-refractivity contribution in [1.29, 1.82) is 0 Å². The lowest BCUT2D eigenvalue weighted by atomic mass is 9.42. The van der Waals surface area contributed by atoms with Gasteiger partial charge >= 0.3 is 0 Å². The number of benzene rings is 6. The summed E-state index contributed by atoms with van der Waals surface area (Å²) in [5, 5.41) is 0. The van der Waals surface area contributed by atoms with Crippen LogP contribution in [-0.4, -0.2) is 0 Å². The van der Waals surface area contributed by atoms with E-state index in [1.165, 1.54) is 116 Å². The summed E-state index contributed by atoms with van der Waals surface area (Å²) in [7, 11) is 0. The van der Waals surface area contributed by atoms with E-state index < -0.39 is 0 Å². The van der Waals surface area contributed by atoms with Crippen molar-refractivity contribution in [1.82, 2.24) is 0 Å². The van der Waals surface area contributed by atoms with Crippen LogP contribution >= 0.6 is 11.8 Å². The van der Waals surface area contributed by atoms with Crippen LogP contribution in [0.4, 0.5) is 17.1 Å². The first-order valence-electron chi connectivity index (χ1n) is 22.6. The number of hydrogen-bond donors (Lipinski definition) is 0. The second kappa shape index (κ2) is 12.5. The minimum Gasteiger partial charge on any atom is -0.309 e. The summed E-state index contributed by atoms with van der Waals surface area (Å²) >= 11 is 2.07. The molecule has 4 fully saturated rings. The van der Waals surface area contributed by atoms with Gasteiger partial charge < -0.3 is 4.90 Å². The Labute approximate surface area is 356 Å². The zero-order valence-electron chi connectivity index (χ0n) is 35.7. The van der Waals surface area contributed by atoms with E-state index in [9.17, 15) is 0 Å². The Balaban J connectivity index is 1.13. The largest absolute Gasteiger partial charge is 0.309 e. The van der Waals surface area contributed by atoms with Gasteiger partial charge in [-0.25, -0.2) is 0 Å². The highest BCUT2D eigenvalue weighted by Gasteiger charge is 2.61. The number of nitrogens with zero attached hydrogens (tertiary/aromatic N) is 1. The molecule has 2 heteroatoms. The molecule has 0 radical (unpaired) electrons. The highest BCUT2D eigenvalue weighted by atomic mass is 32.2. The SMILES string of the molecule is CC1(C)CCC(C)(C)c2cc(N(c3ccc4c(c3)C(C)(C)c3ccccc3-4)c3cccc4c3Sc3c(-c5ccccc5)cccc3C43C4CC5CC(C4)CC3C5)ccc21. The second-order valence-electron chi connectivity index (χ2n) is 21.2. The van der Waals surface area contributed by atoms with E-state index in [0.717, 1.165) is 11.8 Å². The van der Waals surface area contributed by atoms with E-state index in [0.29, 0.717) is 11.8 Å². The van der Waals surface area contributed by atoms with Crippen molar-refractivity contribution in [2.45, 2.75) is 118 Å². The van der Waals surface area contributed by atoms with Gasteiger partial charge in [-0.05, 0) is 165 Å². The lowest BCUT2D eigenvalue weighted by Crippen LogP contribution is -2.57. The van der Waals surface area contributed by atoms with Gasteiger partial charge in [0.2, 0.25) is 0 Å². The standard InChI is InChI=1S/C57H57NS/c1-54(2)26-27-55(3,4)50-34-41(23-25-46(50)54)58(40-22-24-44-43-16-10-11-18-45(43)56(5,6)49(44)33-40)51-21-13-20-48-53(51)59-52-42(37-14-8-7-9-15-37)17-12-19-47(52)57(48)38-29-35-28-36(31-38)32-39(57)30-35/h7-25,33-36,38-39H,26-32H2,1-6H3. The number of anilines is 3. The minimum atomic E-state index is -0.0890. The molecule has 0 unspecified atom stereocenters. The molecular weight excluding hydrogens is 731 g/mol. The third-order valence-corrected chi connectivity index (χ3v) is 18.1. The van der Waals surface area contributed by atoms with Gasteiger partial charge in [-0.1, -0.05) is 150 Å². The van der Waals surface area contributed by atoms with Crippen molar-refractivity contribution in [2.24, 2.45) is 23.7 Å². The van der Waals surface area contributed by atoms with Gasteiger partial charge in [0.1, 0.15) is 0 Å². The first kappa shape index (κ1) is 36.3. The van der Waals surface area contributed by atoms with E-state index >= 15 is 0 Å². The highest BCUT2D eigenvalue weighted by Crippen LogP contribution is 2.70. The summed E-state index contributed by atoms with van der Waals surface area (Å²) in [6.07, 6.45) is 9.36. The maximum atomic E-state index is 2.68. The Morgan fingerprint density at radius 2 is 1.02 bits per heavy atom. The Hall–Kier alpha value is -4.53. The quantitative estimate of drug-likeness (QED) is 0.175. The van der Waals surface area contributed by atoms with Crippen molar-refractivity contribution in [3.05, 3.63) is 161 Å². The smallest absolute Gasteiger partial charge is 0.0604 e.